The molecule has 8 nitrogen and oxygen atoms in total. The van der Waals surface area contributed by atoms with Gasteiger partial charge in [-0.15, -0.1) is 0 Å². The molecule has 3 aromatic carbocycles. The predicted octanol–water partition coefficient (Wildman–Crippen LogP) is 3.90. The molecular weight excluding hydrogens is 468 g/mol. The Morgan fingerprint density at radius 1 is 0.943 bits per heavy atom. The highest BCUT2D eigenvalue weighted by Gasteiger charge is 2.31. The molecule has 1 aliphatic rings. The van der Waals surface area contributed by atoms with Crippen LogP contribution in [0.3, 0.4) is 0 Å². The molecule has 0 saturated heterocycles. The zero-order chi connectivity index (χ0) is 25.0. The van der Waals surface area contributed by atoms with Gasteiger partial charge in [0, 0.05) is 6.07 Å². The van der Waals surface area contributed by atoms with Crippen LogP contribution in [0.4, 0.5) is 0 Å². The first-order valence-electron chi connectivity index (χ1n) is 11.0. The van der Waals surface area contributed by atoms with Crippen LogP contribution in [0.2, 0.25) is 0 Å². The molecule has 1 aliphatic heterocycles. The topological polar surface area (TPSA) is 115 Å². The molecule has 0 amide bonds. The van der Waals surface area contributed by atoms with Gasteiger partial charge in [0.15, 0.2) is 11.5 Å². The highest BCUT2D eigenvalue weighted by atomic mass is 32.2. The van der Waals surface area contributed by atoms with E-state index in [9.17, 15) is 13.2 Å². The maximum absolute atomic E-state index is 13.0. The maximum Gasteiger partial charge on any atom is 0.329 e. The van der Waals surface area contributed by atoms with E-state index in [4.69, 9.17) is 19.5 Å². The molecule has 0 unspecified atom stereocenters. The number of ether oxygens (including phenoxy) is 3. The van der Waals surface area contributed by atoms with Gasteiger partial charge >= 0.3 is 5.97 Å². The fourth-order valence-electron chi connectivity index (χ4n) is 3.51. The largest absolute Gasteiger partial charge is 0.486 e. The van der Waals surface area contributed by atoms with Crippen molar-refractivity contribution in [3.8, 4) is 34.4 Å². The summed E-state index contributed by atoms with van der Waals surface area (Å²) in [6.07, 6.45) is 0. The van der Waals surface area contributed by atoms with E-state index in [0.29, 0.717) is 30.3 Å². The second kappa shape index (κ2) is 10.2. The van der Waals surface area contributed by atoms with Crippen LogP contribution in [0, 0.1) is 17.2 Å². The van der Waals surface area contributed by atoms with Gasteiger partial charge in [-0.2, -0.15) is 9.98 Å². The lowest BCUT2D eigenvalue weighted by Gasteiger charge is -2.22. The number of benzene rings is 3. The Kier molecular flexibility index (Phi) is 7.05. The van der Waals surface area contributed by atoms with E-state index in [2.05, 4.69) is 10.8 Å². The van der Waals surface area contributed by atoms with Gasteiger partial charge in [-0.05, 0) is 53.4 Å². The summed E-state index contributed by atoms with van der Waals surface area (Å²) < 4.78 is 44.8. The molecule has 1 heterocycles. The Hall–Kier alpha value is -3.87. The fourth-order valence-corrected chi connectivity index (χ4v) is 4.86. The minimum absolute atomic E-state index is 0.0352. The number of nitrogens with zero attached hydrogens (tertiary/aromatic N) is 1. The molecule has 9 heteroatoms. The number of rotatable bonds is 7. The summed E-state index contributed by atoms with van der Waals surface area (Å²) in [7, 11) is -4.03. The average molecular weight is 493 g/mol. The molecule has 0 aromatic heterocycles. The number of sulfonamides is 1. The Balaban J connectivity index is 1.47. The zero-order valence-electron chi connectivity index (χ0n) is 19.2. The first-order valence-corrected chi connectivity index (χ1v) is 12.5. The molecule has 0 fully saturated rings. The van der Waals surface area contributed by atoms with Gasteiger partial charge in [0.05, 0.1) is 16.5 Å². The SMILES string of the molecule is CC(C)[C@@H](NS(=O)(=O)c1ccc2c(c1)OCCO2)C(=O)Oc1ccc(-c2ccc(C#N)cc2)cc1. The molecule has 4 rings (SSSR count). The Labute approximate surface area is 204 Å². The summed E-state index contributed by atoms with van der Waals surface area (Å²) in [5, 5.41) is 8.93. The van der Waals surface area contributed by atoms with Crippen LogP contribution in [0.15, 0.2) is 71.6 Å². The van der Waals surface area contributed by atoms with E-state index in [-0.39, 0.29) is 16.6 Å². The third kappa shape index (κ3) is 5.62. The van der Waals surface area contributed by atoms with Gasteiger partial charge in [0.1, 0.15) is 25.0 Å². The van der Waals surface area contributed by atoms with Crippen LogP contribution in [-0.4, -0.2) is 33.6 Å². The molecule has 3 aromatic rings. The molecule has 0 saturated carbocycles. The van der Waals surface area contributed by atoms with Crippen molar-refractivity contribution in [2.45, 2.75) is 24.8 Å². The highest BCUT2D eigenvalue weighted by molar-refractivity contribution is 7.89. The standard InChI is InChI=1S/C26H24N2O6S/c1-17(2)25(28-35(30,31)22-11-12-23-24(15-22)33-14-13-32-23)26(29)34-21-9-7-20(8-10-21)19-5-3-18(16-27)4-6-19/h3-12,15,17,25,28H,13-14H2,1-2H3/t25-/m1/s1. The van der Waals surface area contributed by atoms with Crippen molar-refractivity contribution in [3.63, 3.8) is 0 Å². The van der Waals surface area contributed by atoms with Gasteiger partial charge in [0.25, 0.3) is 0 Å². The summed E-state index contributed by atoms with van der Waals surface area (Å²) in [6, 6.07) is 19.2. The Morgan fingerprint density at radius 3 is 2.14 bits per heavy atom. The van der Waals surface area contributed by atoms with Crippen LogP contribution in [0.25, 0.3) is 11.1 Å². The van der Waals surface area contributed by atoms with Crippen molar-refractivity contribution in [3.05, 3.63) is 72.3 Å². The second-order valence-corrected chi connectivity index (χ2v) is 10.00. The third-order valence-corrected chi connectivity index (χ3v) is 6.89. The van der Waals surface area contributed by atoms with Crippen molar-refractivity contribution in [1.29, 1.82) is 5.26 Å². The Bertz CT molecular complexity index is 1360. The van der Waals surface area contributed by atoms with Crippen LogP contribution < -0.4 is 18.9 Å². The average Bonchev–Trinajstić information content (AvgIpc) is 2.87. The number of nitrogens with one attached hydrogen (secondary N) is 1. The number of carbonyl (C=O) groups is 1. The molecule has 0 bridgehead atoms. The number of fused-ring (bicyclic) bond motifs is 1. The molecule has 0 radical (unpaired) electrons. The quantitative estimate of drug-likeness (QED) is 0.393. The van der Waals surface area contributed by atoms with Gasteiger partial charge < -0.3 is 14.2 Å². The van der Waals surface area contributed by atoms with Crippen molar-refractivity contribution in [1.82, 2.24) is 4.72 Å². The summed E-state index contributed by atoms with van der Waals surface area (Å²) in [4.78, 5) is 12.9. The van der Waals surface area contributed by atoms with Crippen molar-refractivity contribution >= 4 is 16.0 Å². The molecule has 1 N–H and O–H groups in total. The molecule has 35 heavy (non-hydrogen) atoms. The van der Waals surface area contributed by atoms with Crippen molar-refractivity contribution in [2.75, 3.05) is 13.2 Å². The number of hydrogen-bond donors (Lipinski definition) is 1. The monoisotopic (exact) mass is 492 g/mol. The number of esters is 1. The van der Waals surface area contributed by atoms with E-state index in [1.807, 2.05) is 12.1 Å². The van der Waals surface area contributed by atoms with Crippen LogP contribution in [-0.2, 0) is 14.8 Å². The highest BCUT2D eigenvalue weighted by Crippen LogP contribution is 2.32. The first-order chi connectivity index (χ1) is 16.8. The molecule has 180 valence electrons. The normalized spacial score (nSPS) is 13.7. The number of carbonyl (C=O) groups excluding carboxylic acids is 1. The van der Waals surface area contributed by atoms with E-state index >= 15 is 0 Å². The van der Waals surface area contributed by atoms with Gasteiger partial charge in [0.2, 0.25) is 10.0 Å². The predicted molar refractivity (Wildman–Crippen MR) is 129 cm³/mol. The zero-order valence-corrected chi connectivity index (χ0v) is 20.0. The van der Waals surface area contributed by atoms with Crippen molar-refractivity contribution < 1.29 is 27.4 Å². The van der Waals surface area contributed by atoms with Gasteiger partial charge in [-0.25, -0.2) is 13.2 Å². The fraction of sp³-hybridized carbons (Fsp3) is 0.231. The van der Waals surface area contributed by atoms with E-state index in [1.54, 1.807) is 50.2 Å². The van der Waals surface area contributed by atoms with Gasteiger partial charge in [-0.1, -0.05) is 38.1 Å². The van der Waals surface area contributed by atoms with Crippen LogP contribution in [0.1, 0.15) is 19.4 Å². The van der Waals surface area contributed by atoms with E-state index < -0.39 is 22.0 Å². The third-order valence-electron chi connectivity index (χ3n) is 5.45. The summed E-state index contributed by atoms with van der Waals surface area (Å²) in [5.74, 6) is 0.0147. The van der Waals surface area contributed by atoms with Crippen LogP contribution >= 0.6 is 0 Å². The lowest BCUT2D eigenvalue weighted by atomic mass is 10.0. The van der Waals surface area contributed by atoms with E-state index in [0.717, 1.165) is 11.1 Å². The van der Waals surface area contributed by atoms with Gasteiger partial charge in [-0.3, -0.25) is 0 Å². The lowest BCUT2D eigenvalue weighted by Crippen LogP contribution is -2.46. The second-order valence-electron chi connectivity index (χ2n) is 8.28. The maximum atomic E-state index is 13.0. The first kappa shape index (κ1) is 24.3. The van der Waals surface area contributed by atoms with Crippen LogP contribution in [0.5, 0.6) is 17.2 Å². The summed E-state index contributed by atoms with van der Waals surface area (Å²) >= 11 is 0. The molecule has 1 atom stereocenters. The molecular formula is C26H24N2O6S. The smallest absolute Gasteiger partial charge is 0.329 e. The Morgan fingerprint density at radius 2 is 1.54 bits per heavy atom. The minimum Gasteiger partial charge on any atom is -0.486 e. The molecule has 0 spiro atoms. The molecule has 0 aliphatic carbocycles. The summed E-state index contributed by atoms with van der Waals surface area (Å²) in [5.41, 5.74) is 2.36. The number of nitriles is 1. The van der Waals surface area contributed by atoms with Crippen molar-refractivity contribution in [2.24, 2.45) is 5.92 Å². The summed E-state index contributed by atoms with van der Waals surface area (Å²) in [6.45, 7) is 4.18. The van der Waals surface area contributed by atoms with E-state index in [1.165, 1.54) is 18.2 Å². The number of hydrogen-bond acceptors (Lipinski definition) is 7. The lowest BCUT2D eigenvalue weighted by molar-refractivity contribution is -0.137. The minimum atomic E-state index is -4.03.